The molecule has 1 heterocycles. The van der Waals surface area contributed by atoms with E-state index >= 15 is 9.59 Å². The van der Waals surface area contributed by atoms with Gasteiger partial charge in [0, 0.05) is 50.5 Å². The van der Waals surface area contributed by atoms with E-state index in [1.165, 1.54) is 51.2 Å². The Labute approximate surface area is 499 Å². The molecule has 18 nitrogen and oxygen atoms in total. The Hall–Kier alpha value is -6.76. The molecule has 7 rings (SSSR count). The van der Waals surface area contributed by atoms with Gasteiger partial charge in [-0.3, -0.25) is 28.8 Å². The van der Waals surface area contributed by atoms with E-state index in [0.29, 0.717) is 12.0 Å². The maximum absolute atomic E-state index is 15.9. The summed E-state index contributed by atoms with van der Waals surface area (Å²) in [5, 5.41) is 38.1. The van der Waals surface area contributed by atoms with Crippen molar-refractivity contribution in [1.29, 1.82) is 0 Å². The molecule has 2 saturated carbocycles. The number of esters is 5. The Kier molecular flexibility index (Phi) is 22.9. The number of Topliss-reactive ketones (excluding diaryl/α,β-unsaturated/α-hetero) is 1. The van der Waals surface area contributed by atoms with E-state index in [1.54, 1.807) is 99.6 Å². The van der Waals surface area contributed by atoms with Gasteiger partial charge in [0.05, 0.1) is 29.6 Å². The van der Waals surface area contributed by atoms with Crippen LogP contribution in [-0.2, 0) is 57.2 Å². The van der Waals surface area contributed by atoms with Gasteiger partial charge < -0.3 is 49.1 Å². The Morgan fingerprint density at radius 3 is 1.67 bits per heavy atom. The van der Waals surface area contributed by atoms with Crippen molar-refractivity contribution in [3.8, 4) is 0 Å². The summed E-state index contributed by atoms with van der Waals surface area (Å²) in [5.41, 5.74) is -7.25. The number of hydrogen-bond acceptors (Lipinski definition) is 16. The van der Waals surface area contributed by atoms with Crippen LogP contribution in [0, 0.1) is 16.7 Å². The highest BCUT2D eigenvalue weighted by atomic mass is 16.6. The maximum atomic E-state index is 15.9. The van der Waals surface area contributed by atoms with Gasteiger partial charge in [-0.15, -0.1) is 0 Å². The van der Waals surface area contributed by atoms with Crippen molar-refractivity contribution >= 4 is 47.5 Å². The molecule has 3 aromatic carbocycles. The molecule has 4 N–H and O–H groups in total. The summed E-state index contributed by atoms with van der Waals surface area (Å²) in [4.78, 5) is 111. The highest BCUT2D eigenvalue weighted by Crippen LogP contribution is 2.64. The number of amides is 1. The first-order chi connectivity index (χ1) is 40.6. The summed E-state index contributed by atoms with van der Waals surface area (Å²) in [6.45, 7) is 8.02. The summed E-state index contributed by atoms with van der Waals surface area (Å²) < 4.78 is 37.3. The Morgan fingerprint density at radius 2 is 1.18 bits per heavy atom. The van der Waals surface area contributed by atoms with Crippen LogP contribution in [0.25, 0.3) is 0 Å². The molecule has 3 aromatic rings. The molecule has 85 heavy (non-hydrogen) atoms. The molecule has 0 unspecified atom stereocenters. The van der Waals surface area contributed by atoms with Crippen molar-refractivity contribution in [1.82, 2.24) is 5.32 Å². The number of unbranched alkanes of at least 4 members (excludes halogenated alkanes) is 15. The van der Waals surface area contributed by atoms with Crippen LogP contribution >= 0.6 is 0 Å². The fraction of sp³-hybridized carbons (Fsp3) is 0.582. The number of carbonyl (C=O) groups excluding carboxylic acids is 7. The quantitative estimate of drug-likeness (QED) is 0.0209. The van der Waals surface area contributed by atoms with E-state index < -0.39 is 125 Å². The number of ketones is 1. The highest BCUT2D eigenvalue weighted by Gasteiger charge is 2.78. The van der Waals surface area contributed by atoms with E-state index in [4.69, 9.17) is 33.5 Å². The van der Waals surface area contributed by atoms with Crippen molar-refractivity contribution in [3.05, 3.63) is 119 Å². The van der Waals surface area contributed by atoms with Crippen LogP contribution in [0.4, 0.5) is 0 Å². The topological polar surface area (TPSA) is 265 Å². The lowest BCUT2D eigenvalue weighted by molar-refractivity contribution is -0.346. The van der Waals surface area contributed by atoms with Crippen LogP contribution < -0.4 is 5.32 Å². The van der Waals surface area contributed by atoms with Crippen molar-refractivity contribution in [2.24, 2.45) is 16.7 Å². The van der Waals surface area contributed by atoms with E-state index in [2.05, 4.69) is 5.32 Å². The fourth-order valence-corrected chi connectivity index (χ4v) is 13.5. The fourth-order valence-electron chi connectivity index (χ4n) is 13.5. The van der Waals surface area contributed by atoms with Crippen molar-refractivity contribution in [3.63, 3.8) is 0 Å². The Morgan fingerprint density at radius 1 is 0.671 bits per heavy atom. The summed E-state index contributed by atoms with van der Waals surface area (Å²) in [5.74, 6) is -8.33. The van der Waals surface area contributed by atoms with Gasteiger partial charge in [0.25, 0.3) is 5.91 Å². The van der Waals surface area contributed by atoms with Gasteiger partial charge in [0.1, 0.15) is 30.0 Å². The largest absolute Gasteiger partial charge is 0.481 e. The molecule has 0 spiro atoms. The molecule has 1 aliphatic heterocycles. The van der Waals surface area contributed by atoms with Gasteiger partial charge in [0.2, 0.25) is 6.10 Å². The first-order valence-corrected chi connectivity index (χ1v) is 30.5. The second-order valence-electron chi connectivity index (χ2n) is 24.4. The Bertz CT molecular complexity index is 2840. The lowest BCUT2D eigenvalue weighted by Crippen LogP contribution is -2.82. The minimum absolute atomic E-state index is 0.0167. The van der Waals surface area contributed by atoms with Crippen LogP contribution in [-0.4, -0.2) is 117 Å². The second-order valence-corrected chi connectivity index (χ2v) is 24.4. The lowest BCUT2D eigenvalue weighted by Gasteiger charge is -2.67. The van der Waals surface area contributed by atoms with E-state index in [1.807, 2.05) is 0 Å². The maximum Gasteiger partial charge on any atom is 0.350 e. The standard InChI is InChI=1S/C67H87NO17/c1-43-49(41-67(79)60(84-62(77)48-36-28-23-29-37-48)58-65(6,50(71)40-51-66(58,42-80-51)85-45(3)70)59(75)56(81-44(2)69)54(43)64(67,4)5)82-63(78)57(55(46-32-24-21-25-33-46)68-61(76)47-34-26-22-27-35-47)83-53(74)39-31-20-18-16-14-12-10-8-7-9-11-13-15-17-19-30-38-52(72)73/h21-29,32-37,49-51,55-58,60,71,79H,7-20,30-31,38-42H2,1-6H3,(H,68,76)(H,72,73)/t49-,50-,51+,55-,56+,57+,58-,60-,65+,66-,67+/m0/s1. The number of fused-ring (bicyclic) bond motifs is 5. The van der Waals surface area contributed by atoms with Crippen molar-refractivity contribution in [2.75, 3.05) is 6.61 Å². The monoisotopic (exact) mass is 1180 g/mol. The van der Waals surface area contributed by atoms with Gasteiger partial charge in [-0.1, -0.05) is 170 Å². The number of carbonyl (C=O) groups is 8. The third kappa shape index (κ3) is 15.3. The highest BCUT2D eigenvalue weighted by molar-refractivity contribution is 5.96. The lowest BCUT2D eigenvalue weighted by atomic mass is 9.44. The molecule has 3 fully saturated rings. The van der Waals surface area contributed by atoms with Crippen LogP contribution in [0.2, 0.25) is 0 Å². The summed E-state index contributed by atoms with van der Waals surface area (Å²) in [6, 6.07) is 23.2. The molecule has 2 bridgehead atoms. The van der Waals surface area contributed by atoms with E-state index in [0.717, 1.165) is 78.1 Å². The van der Waals surface area contributed by atoms with Crippen LogP contribution in [0.15, 0.2) is 102 Å². The van der Waals surface area contributed by atoms with E-state index in [-0.39, 0.29) is 48.1 Å². The number of nitrogens with one attached hydrogen (secondary N) is 1. The average Bonchev–Trinajstić information content (AvgIpc) is 0.695. The van der Waals surface area contributed by atoms with Gasteiger partial charge in [-0.05, 0) is 67.7 Å². The third-order valence-electron chi connectivity index (χ3n) is 18.2. The number of hydrogen-bond donors (Lipinski definition) is 4. The van der Waals surface area contributed by atoms with E-state index in [9.17, 15) is 39.0 Å². The molecular formula is C67H87NO17. The predicted octanol–water partition coefficient (Wildman–Crippen LogP) is 10.4. The minimum atomic E-state index is -2.45. The zero-order valence-electron chi connectivity index (χ0n) is 50.2. The zero-order valence-corrected chi connectivity index (χ0v) is 50.2. The van der Waals surface area contributed by atoms with Gasteiger partial charge in [-0.25, -0.2) is 9.59 Å². The molecule has 1 amide bonds. The smallest absolute Gasteiger partial charge is 0.350 e. The molecule has 11 atom stereocenters. The molecule has 18 heteroatoms. The number of carboxylic acid groups (broad SMARTS) is 1. The number of rotatable bonds is 30. The summed E-state index contributed by atoms with van der Waals surface area (Å²) in [7, 11) is 0. The first kappa shape index (κ1) is 65.8. The molecular weight excluding hydrogens is 1090 g/mol. The molecule has 462 valence electrons. The number of aliphatic hydroxyl groups is 2. The Balaban J connectivity index is 1.16. The van der Waals surface area contributed by atoms with Crippen LogP contribution in [0.5, 0.6) is 0 Å². The number of benzene rings is 3. The van der Waals surface area contributed by atoms with Gasteiger partial charge in [0.15, 0.2) is 17.5 Å². The van der Waals surface area contributed by atoms with Crippen LogP contribution in [0.1, 0.15) is 202 Å². The molecule has 3 aliphatic carbocycles. The first-order valence-electron chi connectivity index (χ1n) is 30.5. The van der Waals surface area contributed by atoms with Crippen molar-refractivity contribution in [2.45, 2.75) is 224 Å². The molecule has 1 saturated heterocycles. The van der Waals surface area contributed by atoms with Gasteiger partial charge >= 0.3 is 35.8 Å². The summed E-state index contributed by atoms with van der Waals surface area (Å²) in [6.07, 6.45) is 5.85. The number of aliphatic carboxylic acids is 1. The number of aliphatic hydroxyl groups excluding tert-OH is 1. The average molecular weight is 1180 g/mol. The zero-order chi connectivity index (χ0) is 61.5. The number of ether oxygens (including phenoxy) is 6. The normalized spacial score (nSPS) is 26.3. The SMILES string of the molecule is CC(=O)O[C@H]1C(=O)[C@@]2(C)[C@H]([C@H](OC(=O)c3ccccc3)[C@]3(O)C[C@H](OC(=O)[C@H](OC(=O)CCCCCCCCCCCCCCCCCCC(=O)O)[C@@H](NC(=O)c4ccccc4)c4ccccc4)C(C)=C1C3(C)C)[C@]1(OC(C)=O)CO[C@@H]1C[C@@H]2O. The second kappa shape index (κ2) is 29.6. The summed E-state index contributed by atoms with van der Waals surface area (Å²) >= 11 is 0. The third-order valence-corrected chi connectivity index (χ3v) is 18.2. The van der Waals surface area contributed by atoms with Gasteiger partial charge in [-0.2, -0.15) is 0 Å². The molecule has 0 aromatic heterocycles. The van der Waals surface area contributed by atoms with Crippen molar-refractivity contribution < 1.29 is 82.1 Å². The molecule has 4 aliphatic rings. The number of carboxylic acids is 1. The van der Waals surface area contributed by atoms with Crippen LogP contribution in [0.3, 0.4) is 0 Å². The predicted molar refractivity (Wildman–Crippen MR) is 312 cm³/mol. The molecule has 0 radical (unpaired) electrons. The minimum Gasteiger partial charge on any atom is -0.481 e.